The number of aliphatic hydroxyl groups is 1. The standard InChI is InChI=1S/C18H21N3O4.CH4/c1-11(22)16(18(24)21-25)20-17(23)15(19)14-9-7-13(8-10-14)12-5-3-2-4-6-12;/h2-11,15-16,22,25H,19H2,1H3,(H,20,23)(H,21,24);1H4/t11-,15+,16+;/m1./s1. The van der Waals surface area contributed by atoms with E-state index in [4.69, 9.17) is 10.9 Å². The molecule has 0 aliphatic carbocycles. The maximum absolute atomic E-state index is 12.2. The van der Waals surface area contributed by atoms with Gasteiger partial charge in [-0.1, -0.05) is 62.0 Å². The van der Waals surface area contributed by atoms with Gasteiger partial charge in [0.05, 0.1) is 6.10 Å². The first-order valence-corrected chi connectivity index (χ1v) is 7.77. The lowest BCUT2D eigenvalue weighted by Crippen LogP contribution is -2.53. The zero-order valence-electron chi connectivity index (χ0n) is 13.7. The second-order valence-electron chi connectivity index (χ2n) is 5.67. The molecule has 140 valence electrons. The van der Waals surface area contributed by atoms with Crippen molar-refractivity contribution in [2.45, 2.75) is 32.5 Å². The van der Waals surface area contributed by atoms with Gasteiger partial charge in [0, 0.05) is 0 Å². The number of benzene rings is 2. The summed E-state index contributed by atoms with van der Waals surface area (Å²) in [4.78, 5) is 23.7. The first-order chi connectivity index (χ1) is 11.9. The summed E-state index contributed by atoms with van der Waals surface area (Å²) < 4.78 is 0. The Bertz CT molecular complexity index is 717. The molecular weight excluding hydrogens is 334 g/mol. The van der Waals surface area contributed by atoms with Crippen molar-refractivity contribution in [3.05, 3.63) is 60.2 Å². The summed E-state index contributed by atoms with van der Waals surface area (Å²) in [6.07, 6.45) is -1.19. The van der Waals surface area contributed by atoms with Crippen molar-refractivity contribution >= 4 is 11.8 Å². The molecule has 0 aliphatic heterocycles. The largest absolute Gasteiger partial charge is 0.391 e. The Morgan fingerprint density at radius 2 is 1.50 bits per heavy atom. The number of aliphatic hydroxyl groups excluding tert-OH is 1. The smallest absolute Gasteiger partial charge is 0.268 e. The van der Waals surface area contributed by atoms with Crippen molar-refractivity contribution in [2.75, 3.05) is 0 Å². The fourth-order valence-electron chi connectivity index (χ4n) is 2.38. The molecule has 0 aromatic heterocycles. The van der Waals surface area contributed by atoms with Crippen molar-refractivity contribution < 1.29 is 19.9 Å². The van der Waals surface area contributed by atoms with E-state index in [1.165, 1.54) is 12.4 Å². The number of carbonyl (C=O) groups is 2. The van der Waals surface area contributed by atoms with Crippen LogP contribution in [0.2, 0.25) is 0 Å². The van der Waals surface area contributed by atoms with Crippen molar-refractivity contribution in [1.82, 2.24) is 10.8 Å². The Morgan fingerprint density at radius 3 is 2.00 bits per heavy atom. The van der Waals surface area contributed by atoms with E-state index in [0.717, 1.165) is 11.1 Å². The number of hydroxylamine groups is 1. The molecular formula is C19H25N3O4. The third kappa shape index (κ3) is 5.13. The quantitative estimate of drug-likeness (QED) is 0.393. The van der Waals surface area contributed by atoms with Gasteiger partial charge in [0.1, 0.15) is 12.1 Å². The fourth-order valence-corrected chi connectivity index (χ4v) is 2.38. The van der Waals surface area contributed by atoms with E-state index in [9.17, 15) is 14.7 Å². The number of rotatable bonds is 6. The second-order valence-corrected chi connectivity index (χ2v) is 5.67. The number of nitrogens with two attached hydrogens (primary N) is 1. The fraction of sp³-hybridized carbons (Fsp3) is 0.263. The molecule has 3 atom stereocenters. The van der Waals surface area contributed by atoms with Crippen LogP contribution in [0.5, 0.6) is 0 Å². The highest BCUT2D eigenvalue weighted by Crippen LogP contribution is 2.21. The van der Waals surface area contributed by atoms with Gasteiger partial charge in [0.25, 0.3) is 5.91 Å². The van der Waals surface area contributed by atoms with Crippen LogP contribution < -0.4 is 16.5 Å². The van der Waals surface area contributed by atoms with E-state index >= 15 is 0 Å². The molecule has 0 heterocycles. The van der Waals surface area contributed by atoms with Crippen LogP contribution in [0.1, 0.15) is 26.0 Å². The molecule has 2 rings (SSSR count). The van der Waals surface area contributed by atoms with Crippen molar-refractivity contribution in [1.29, 1.82) is 0 Å². The van der Waals surface area contributed by atoms with Gasteiger partial charge in [-0.3, -0.25) is 14.8 Å². The average Bonchev–Trinajstić information content (AvgIpc) is 2.65. The monoisotopic (exact) mass is 359 g/mol. The summed E-state index contributed by atoms with van der Waals surface area (Å²) in [6, 6.07) is 14.6. The lowest BCUT2D eigenvalue weighted by molar-refractivity contribution is -0.137. The number of hydrogen-bond donors (Lipinski definition) is 5. The normalized spacial score (nSPS) is 13.7. The van der Waals surface area contributed by atoms with Crippen LogP contribution in [0.3, 0.4) is 0 Å². The molecule has 2 amide bonds. The second kappa shape index (κ2) is 9.67. The van der Waals surface area contributed by atoms with Crippen molar-refractivity contribution in [3.8, 4) is 11.1 Å². The molecule has 7 nitrogen and oxygen atoms in total. The predicted octanol–water partition coefficient (Wildman–Crippen LogP) is 1.36. The Morgan fingerprint density at radius 1 is 0.962 bits per heavy atom. The summed E-state index contributed by atoms with van der Waals surface area (Å²) in [7, 11) is 0. The van der Waals surface area contributed by atoms with E-state index in [1.807, 2.05) is 42.5 Å². The summed E-state index contributed by atoms with van der Waals surface area (Å²) >= 11 is 0. The van der Waals surface area contributed by atoms with Gasteiger partial charge < -0.3 is 16.2 Å². The highest BCUT2D eigenvalue weighted by molar-refractivity contribution is 5.90. The molecule has 0 saturated heterocycles. The van der Waals surface area contributed by atoms with Crippen LogP contribution in [0.25, 0.3) is 11.1 Å². The molecule has 0 bridgehead atoms. The molecule has 0 aliphatic rings. The van der Waals surface area contributed by atoms with Crippen LogP contribution >= 0.6 is 0 Å². The Balaban J connectivity index is 0.00000338. The van der Waals surface area contributed by atoms with Gasteiger partial charge in [-0.2, -0.15) is 0 Å². The van der Waals surface area contributed by atoms with Crippen LogP contribution in [0.15, 0.2) is 54.6 Å². The van der Waals surface area contributed by atoms with Gasteiger partial charge in [-0.15, -0.1) is 0 Å². The summed E-state index contributed by atoms with van der Waals surface area (Å²) in [5.41, 5.74) is 9.92. The Hall–Kier alpha value is -2.74. The Labute approximate surface area is 152 Å². The zero-order valence-corrected chi connectivity index (χ0v) is 13.7. The molecule has 26 heavy (non-hydrogen) atoms. The highest BCUT2D eigenvalue weighted by Gasteiger charge is 2.28. The van der Waals surface area contributed by atoms with E-state index in [-0.39, 0.29) is 7.43 Å². The summed E-state index contributed by atoms with van der Waals surface area (Å²) in [6.45, 7) is 1.32. The number of nitrogens with one attached hydrogen (secondary N) is 2. The Kier molecular flexibility index (Phi) is 7.92. The highest BCUT2D eigenvalue weighted by atomic mass is 16.5. The maximum atomic E-state index is 12.2. The van der Waals surface area contributed by atoms with Crippen molar-refractivity contribution in [2.24, 2.45) is 5.73 Å². The van der Waals surface area contributed by atoms with Crippen LogP contribution in [-0.4, -0.2) is 34.3 Å². The van der Waals surface area contributed by atoms with E-state index in [1.54, 1.807) is 12.1 Å². The molecule has 0 spiro atoms. The lowest BCUT2D eigenvalue weighted by atomic mass is 10.0. The minimum atomic E-state index is -1.30. The predicted molar refractivity (Wildman–Crippen MR) is 99.1 cm³/mol. The molecule has 7 heteroatoms. The minimum absolute atomic E-state index is 0. The van der Waals surface area contributed by atoms with Crippen LogP contribution in [0.4, 0.5) is 0 Å². The molecule has 0 saturated carbocycles. The molecule has 2 aromatic rings. The topological polar surface area (TPSA) is 125 Å². The zero-order chi connectivity index (χ0) is 18.4. The van der Waals surface area contributed by atoms with Gasteiger partial charge in [0.2, 0.25) is 5.91 Å². The minimum Gasteiger partial charge on any atom is -0.391 e. The van der Waals surface area contributed by atoms with Gasteiger partial charge in [-0.05, 0) is 23.6 Å². The summed E-state index contributed by atoms with van der Waals surface area (Å²) in [5, 5.41) is 20.5. The SMILES string of the molecule is C.C[C@@H](O)[C@H](NC(=O)[C@@H](N)c1ccc(-c2ccccc2)cc1)C(=O)NO. The van der Waals surface area contributed by atoms with Crippen LogP contribution in [-0.2, 0) is 9.59 Å². The van der Waals surface area contributed by atoms with E-state index in [2.05, 4.69) is 5.32 Å². The molecule has 0 unspecified atom stereocenters. The van der Waals surface area contributed by atoms with E-state index < -0.39 is 30.0 Å². The first kappa shape index (κ1) is 21.3. The molecule has 6 N–H and O–H groups in total. The van der Waals surface area contributed by atoms with Gasteiger partial charge in [-0.25, -0.2) is 5.48 Å². The lowest BCUT2D eigenvalue weighted by Gasteiger charge is -2.21. The molecule has 2 aromatic carbocycles. The number of carbonyl (C=O) groups excluding carboxylic acids is 2. The van der Waals surface area contributed by atoms with Gasteiger partial charge >= 0.3 is 0 Å². The van der Waals surface area contributed by atoms with Gasteiger partial charge in [0.15, 0.2) is 0 Å². The number of amides is 2. The number of hydrogen-bond acceptors (Lipinski definition) is 5. The third-order valence-electron chi connectivity index (χ3n) is 3.83. The average molecular weight is 359 g/mol. The van der Waals surface area contributed by atoms with E-state index in [0.29, 0.717) is 5.56 Å². The van der Waals surface area contributed by atoms with Crippen LogP contribution in [0, 0.1) is 0 Å². The summed E-state index contributed by atoms with van der Waals surface area (Å²) in [5.74, 6) is -1.56. The molecule has 0 radical (unpaired) electrons. The molecule has 0 fully saturated rings. The maximum Gasteiger partial charge on any atom is 0.268 e. The third-order valence-corrected chi connectivity index (χ3v) is 3.83. The first-order valence-electron chi connectivity index (χ1n) is 7.77. The van der Waals surface area contributed by atoms with Crippen molar-refractivity contribution in [3.63, 3.8) is 0 Å².